The zero-order valence-electron chi connectivity index (χ0n) is 15.5. The molecular weight excluding hydrogens is 310 g/mol. The molecule has 1 aliphatic rings. The number of hydrogen-bond donors (Lipinski definition) is 1. The standard InChI is InChI=1S/C22H33NO2/c1-2-3-4-5-6-7-8-12-15-21(24)25-22(16-18-23-19-17-22)20-13-10-9-11-14-20/h2,9-11,13-14,23H,1,3-8,12,15-19H2. The smallest absolute Gasteiger partial charge is 0.306 e. The molecule has 2 rings (SSSR count). The molecule has 25 heavy (non-hydrogen) atoms. The van der Waals surface area contributed by atoms with Crippen LogP contribution < -0.4 is 5.32 Å². The van der Waals surface area contributed by atoms with Crippen molar-refractivity contribution in [2.45, 2.75) is 69.8 Å². The average molecular weight is 344 g/mol. The lowest BCUT2D eigenvalue weighted by Crippen LogP contribution is -2.43. The molecule has 0 spiro atoms. The number of nitrogens with one attached hydrogen (secondary N) is 1. The van der Waals surface area contributed by atoms with Crippen molar-refractivity contribution in [2.24, 2.45) is 0 Å². The van der Waals surface area contributed by atoms with Gasteiger partial charge in [-0.15, -0.1) is 6.58 Å². The second-order valence-corrected chi connectivity index (χ2v) is 7.03. The largest absolute Gasteiger partial charge is 0.454 e. The van der Waals surface area contributed by atoms with Gasteiger partial charge in [-0.2, -0.15) is 0 Å². The van der Waals surface area contributed by atoms with Gasteiger partial charge >= 0.3 is 5.97 Å². The SMILES string of the molecule is C=CCCCCCCCCC(=O)OC1(c2ccccc2)CCNCC1. The van der Waals surface area contributed by atoms with Crippen LogP contribution in [0.2, 0.25) is 0 Å². The van der Waals surface area contributed by atoms with Crippen molar-refractivity contribution in [1.29, 1.82) is 0 Å². The third-order valence-electron chi connectivity index (χ3n) is 5.06. The van der Waals surface area contributed by atoms with Crippen LogP contribution in [-0.4, -0.2) is 19.1 Å². The van der Waals surface area contributed by atoms with Crippen LogP contribution in [0.25, 0.3) is 0 Å². The minimum Gasteiger partial charge on any atom is -0.454 e. The van der Waals surface area contributed by atoms with Crippen LogP contribution in [0.15, 0.2) is 43.0 Å². The highest BCUT2D eigenvalue weighted by molar-refractivity contribution is 5.70. The normalized spacial score (nSPS) is 16.3. The molecule has 3 nitrogen and oxygen atoms in total. The summed E-state index contributed by atoms with van der Waals surface area (Å²) in [5.41, 5.74) is 0.695. The number of piperidine rings is 1. The summed E-state index contributed by atoms with van der Waals surface area (Å²) in [6.45, 7) is 5.54. The van der Waals surface area contributed by atoms with Crippen molar-refractivity contribution in [3.63, 3.8) is 0 Å². The van der Waals surface area contributed by atoms with E-state index < -0.39 is 5.60 Å². The number of carbonyl (C=O) groups is 1. The van der Waals surface area contributed by atoms with Crippen LogP contribution in [0.3, 0.4) is 0 Å². The Kier molecular flexibility index (Phi) is 8.75. The van der Waals surface area contributed by atoms with E-state index in [1.165, 1.54) is 25.7 Å². The molecule has 138 valence electrons. The molecule has 0 atom stereocenters. The quantitative estimate of drug-likeness (QED) is 0.344. The molecule has 1 N–H and O–H groups in total. The van der Waals surface area contributed by atoms with E-state index >= 15 is 0 Å². The summed E-state index contributed by atoms with van der Waals surface area (Å²) < 4.78 is 6.03. The van der Waals surface area contributed by atoms with Crippen LogP contribution in [0.1, 0.15) is 69.8 Å². The molecule has 1 aromatic carbocycles. The first-order valence-corrected chi connectivity index (χ1v) is 9.86. The van der Waals surface area contributed by atoms with Crippen LogP contribution in [0, 0.1) is 0 Å². The molecule has 1 fully saturated rings. The molecule has 0 aromatic heterocycles. The zero-order valence-corrected chi connectivity index (χ0v) is 15.5. The summed E-state index contributed by atoms with van der Waals surface area (Å²) in [5, 5.41) is 3.37. The second kappa shape index (κ2) is 11.1. The molecule has 1 heterocycles. The molecular formula is C22H33NO2. The summed E-state index contributed by atoms with van der Waals surface area (Å²) >= 11 is 0. The first-order valence-electron chi connectivity index (χ1n) is 9.86. The summed E-state index contributed by atoms with van der Waals surface area (Å²) in [4.78, 5) is 12.4. The van der Waals surface area contributed by atoms with E-state index in [0.29, 0.717) is 6.42 Å². The summed E-state index contributed by atoms with van der Waals surface area (Å²) in [6, 6.07) is 10.2. The predicted octanol–water partition coefficient (Wildman–Crippen LogP) is 5.12. The fourth-order valence-electron chi connectivity index (χ4n) is 3.56. The fourth-order valence-corrected chi connectivity index (χ4v) is 3.56. The van der Waals surface area contributed by atoms with E-state index in [4.69, 9.17) is 4.74 Å². The first kappa shape index (κ1) is 19.7. The maximum Gasteiger partial charge on any atom is 0.306 e. The first-order chi connectivity index (χ1) is 12.3. The lowest BCUT2D eigenvalue weighted by molar-refractivity contribution is -0.164. The number of benzene rings is 1. The Bertz CT molecular complexity index is 506. The average Bonchev–Trinajstić information content (AvgIpc) is 2.65. The van der Waals surface area contributed by atoms with E-state index in [1.807, 2.05) is 24.3 Å². The van der Waals surface area contributed by atoms with Gasteiger partial charge in [-0.1, -0.05) is 62.1 Å². The number of esters is 1. The molecule has 3 heteroatoms. The van der Waals surface area contributed by atoms with E-state index in [-0.39, 0.29) is 5.97 Å². The number of unbranched alkanes of at least 4 members (excludes halogenated alkanes) is 6. The highest BCUT2D eigenvalue weighted by Crippen LogP contribution is 2.35. The van der Waals surface area contributed by atoms with Crippen LogP contribution in [0.4, 0.5) is 0 Å². The Labute approximate surface area is 152 Å². The lowest BCUT2D eigenvalue weighted by Gasteiger charge is -2.37. The number of allylic oxidation sites excluding steroid dienone is 1. The second-order valence-electron chi connectivity index (χ2n) is 7.03. The Hall–Kier alpha value is -1.61. The molecule has 0 aliphatic carbocycles. The van der Waals surface area contributed by atoms with Gasteiger partial charge in [0.15, 0.2) is 0 Å². The van der Waals surface area contributed by atoms with Crippen molar-refractivity contribution >= 4 is 5.97 Å². The van der Waals surface area contributed by atoms with Crippen molar-refractivity contribution in [2.75, 3.05) is 13.1 Å². The molecule has 1 aliphatic heterocycles. The highest BCUT2D eigenvalue weighted by atomic mass is 16.6. The fraction of sp³-hybridized carbons (Fsp3) is 0.591. The van der Waals surface area contributed by atoms with E-state index in [9.17, 15) is 4.79 Å². The lowest BCUT2D eigenvalue weighted by atomic mass is 9.84. The van der Waals surface area contributed by atoms with Gasteiger partial charge in [0, 0.05) is 19.3 Å². The van der Waals surface area contributed by atoms with E-state index in [0.717, 1.165) is 50.8 Å². The minimum atomic E-state index is -0.436. The topological polar surface area (TPSA) is 38.3 Å². The number of hydrogen-bond acceptors (Lipinski definition) is 3. The number of rotatable bonds is 11. The van der Waals surface area contributed by atoms with Gasteiger partial charge in [0.05, 0.1) is 0 Å². The Balaban J connectivity index is 1.74. The van der Waals surface area contributed by atoms with Gasteiger partial charge in [0.2, 0.25) is 0 Å². The van der Waals surface area contributed by atoms with Crippen molar-refractivity contribution in [3.05, 3.63) is 48.6 Å². The Morgan fingerprint density at radius 1 is 1.04 bits per heavy atom. The molecule has 1 aromatic rings. The molecule has 0 bridgehead atoms. The van der Waals surface area contributed by atoms with Crippen molar-refractivity contribution < 1.29 is 9.53 Å². The molecule has 0 amide bonds. The van der Waals surface area contributed by atoms with Crippen LogP contribution in [-0.2, 0) is 15.1 Å². The zero-order chi connectivity index (χ0) is 17.8. The monoisotopic (exact) mass is 343 g/mol. The van der Waals surface area contributed by atoms with Crippen LogP contribution >= 0.6 is 0 Å². The molecule has 0 radical (unpaired) electrons. The van der Waals surface area contributed by atoms with E-state index in [2.05, 4.69) is 24.0 Å². The Morgan fingerprint density at radius 3 is 2.36 bits per heavy atom. The maximum atomic E-state index is 12.4. The Morgan fingerprint density at radius 2 is 1.68 bits per heavy atom. The highest BCUT2D eigenvalue weighted by Gasteiger charge is 2.37. The number of ether oxygens (including phenoxy) is 1. The third kappa shape index (κ3) is 6.66. The van der Waals surface area contributed by atoms with E-state index in [1.54, 1.807) is 0 Å². The van der Waals surface area contributed by atoms with Gasteiger partial charge in [-0.3, -0.25) is 4.79 Å². The van der Waals surface area contributed by atoms with Crippen molar-refractivity contribution in [3.8, 4) is 0 Å². The third-order valence-corrected chi connectivity index (χ3v) is 5.06. The maximum absolute atomic E-state index is 12.4. The van der Waals surface area contributed by atoms with Gasteiger partial charge < -0.3 is 10.1 Å². The summed E-state index contributed by atoms with van der Waals surface area (Å²) in [7, 11) is 0. The molecule has 0 unspecified atom stereocenters. The van der Waals surface area contributed by atoms with Gasteiger partial charge in [0.1, 0.15) is 5.60 Å². The predicted molar refractivity (Wildman–Crippen MR) is 103 cm³/mol. The van der Waals surface area contributed by atoms with Gasteiger partial charge in [-0.05, 0) is 37.9 Å². The minimum absolute atomic E-state index is 0.0441. The van der Waals surface area contributed by atoms with Gasteiger partial charge in [0.25, 0.3) is 0 Å². The molecule has 1 saturated heterocycles. The van der Waals surface area contributed by atoms with Crippen molar-refractivity contribution in [1.82, 2.24) is 5.32 Å². The molecule has 0 saturated carbocycles. The summed E-state index contributed by atoms with van der Waals surface area (Å²) in [5.74, 6) is -0.0441. The number of carbonyl (C=O) groups excluding carboxylic acids is 1. The summed E-state index contributed by atoms with van der Waals surface area (Å²) in [6.07, 6.45) is 12.3. The van der Waals surface area contributed by atoms with Gasteiger partial charge in [-0.25, -0.2) is 0 Å². The van der Waals surface area contributed by atoms with Crippen LogP contribution in [0.5, 0.6) is 0 Å².